The average Bonchev–Trinajstić information content (AvgIpc) is 2.93. The number of hydrogen-bond donors (Lipinski definition) is 1. The lowest BCUT2D eigenvalue weighted by molar-refractivity contribution is 0.471. The third kappa shape index (κ3) is 3.14. The van der Waals surface area contributed by atoms with Crippen molar-refractivity contribution in [1.82, 2.24) is 14.9 Å². The molecule has 0 atom stereocenters. The van der Waals surface area contributed by atoms with Crippen LogP contribution in [0, 0.1) is 0 Å². The summed E-state index contributed by atoms with van der Waals surface area (Å²) in [7, 11) is 0. The first-order chi connectivity index (χ1) is 9.11. The van der Waals surface area contributed by atoms with Crippen LogP contribution in [0.3, 0.4) is 0 Å². The number of aromatic nitrogens is 3. The maximum Gasteiger partial charge on any atom is 0.139 e. The monoisotopic (exact) mass is 322 g/mol. The highest BCUT2D eigenvalue weighted by molar-refractivity contribution is 9.10. The second-order valence-electron chi connectivity index (χ2n) is 4.12. The van der Waals surface area contributed by atoms with E-state index in [4.69, 9.17) is 0 Å². The van der Waals surface area contributed by atoms with E-state index < -0.39 is 0 Å². The summed E-state index contributed by atoms with van der Waals surface area (Å²) in [5, 5.41) is 19.2. The van der Waals surface area contributed by atoms with E-state index in [1.54, 1.807) is 18.7 Å². The van der Waals surface area contributed by atoms with Crippen LogP contribution in [-0.2, 0) is 6.54 Å². The maximum absolute atomic E-state index is 9.52. The Balaban J connectivity index is 2.28. The van der Waals surface area contributed by atoms with E-state index >= 15 is 0 Å². The predicted molar refractivity (Wildman–Crippen MR) is 77.2 cm³/mol. The van der Waals surface area contributed by atoms with Crippen molar-refractivity contribution < 1.29 is 5.11 Å². The molecule has 0 saturated carbocycles. The van der Waals surface area contributed by atoms with E-state index in [1.165, 1.54) is 0 Å². The van der Waals surface area contributed by atoms with E-state index in [-0.39, 0.29) is 5.75 Å². The zero-order valence-electron chi connectivity index (χ0n) is 10.8. The highest BCUT2D eigenvalue weighted by atomic mass is 79.9. The summed E-state index contributed by atoms with van der Waals surface area (Å²) in [4.78, 5) is 0. The summed E-state index contributed by atoms with van der Waals surface area (Å²) >= 11 is 3.32. The van der Waals surface area contributed by atoms with Crippen LogP contribution in [0.4, 0.5) is 0 Å². The Morgan fingerprint density at radius 1 is 1.42 bits per heavy atom. The lowest BCUT2D eigenvalue weighted by atomic mass is 10.2. The summed E-state index contributed by atoms with van der Waals surface area (Å²) in [5.41, 5.74) is 2.16. The van der Waals surface area contributed by atoms with E-state index in [2.05, 4.69) is 26.1 Å². The molecule has 0 bridgehead atoms. The fraction of sp³-hybridized carbons (Fsp3) is 0.231. The van der Waals surface area contributed by atoms with E-state index in [1.807, 2.05) is 41.7 Å². The summed E-state index contributed by atoms with van der Waals surface area (Å²) in [6.45, 7) is 4.67. The molecule has 1 aromatic heterocycles. The van der Waals surface area contributed by atoms with Crippen LogP contribution in [0.2, 0.25) is 0 Å². The number of aromatic hydroxyl groups is 1. The van der Waals surface area contributed by atoms with Crippen LogP contribution in [0.5, 0.6) is 5.75 Å². The molecule has 0 saturated heterocycles. The molecular weight excluding hydrogens is 308 g/mol. The van der Waals surface area contributed by atoms with Gasteiger partial charge >= 0.3 is 0 Å². The molecule has 19 heavy (non-hydrogen) atoms. The molecule has 5 nitrogen and oxygen atoms in total. The molecule has 1 aromatic carbocycles. The largest absolute Gasteiger partial charge is 0.507 e. The number of phenolic OH excluding ortho intramolecular Hbond substituents is 1. The van der Waals surface area contributed by atoms with Gasteiger partial charge in [-0.15, -0.1) is 10.2 Å². The number of allylic oxidation sites excluding steroid dienone is 2. The topological polar surface area (TPSA) is 54.2 Å². The van der Waals surface area contributed by atoms with Crippen molar-refractivity contribution in [2.24, 2.45) is 0 Å². The van der Waals surface area contributed by atoms with Crippen molar-refractivity contribution in [3.63, 3.8) is 0 Å². The molecule has 0 unspecified atom stereocenters. The first-order valence-corrected chi connectivity index (χ1v) is 6.64. The summed E-state index contributed by atoms with van der Waals surface area (Å²) in [6.07, 6.45) is 5.33. The molecule has 0 aliphatic carbocycles. The Hall–Kier alpha value is -1.82. The van der Waals surface area contributed by atoms with Crippen molar-refractivity contribution in [1.29, 1.82) is 0 Å². The molecule has 1 heterocycles. The highest BCUT2D eigenvalue weighted by Crippen LogP contribution is 2.25. The van der Waals surface area contributed by atoms with E-state index in [0.29, 0.717) is 11.0 Å². The Morgan fingerprint density at radius 2 is 2.11 bits per heavy atom. The van der Waals surface area contributed by atoms with E-state index in [9.17, 15) is 5.11 Å². The molecular formula is C13H15BrN4O. The molecule has 0 spiro atoms. The molecule has 6 heteroatoms. The van der Waals surface area contributed by atoms with Crippen LogP contribution in [0.25, 0.3) is 0 Å². The zero-order chi connectivity index (χ0) is 13.8. The zero-order valence-corrected chi connectivity index (χ0v) is 12.4. The van der Waals surface area contributed by atoms with Crippen molar-refractivity contribution >= 4 is 15.9 Å². The highest BCUT2D eigenvalue weighted by Gasteiger charge is 2.09. The minimum Gasteiger partial charge on any atom is -0.507 e. The molecule has 0 fully saturated rings. The number of rotatable bonds is 4. The average molecular weight is 323 g/mol. The van der Waals surface area contributed by atoms with Gasteiger partial charge < -0.3 is 5.11 Å². The Morgan fingerprint density at radius 3 is 2.68 bits per heavy atom. The normalized spacial score (nSPS) is 11.6. The Bertz CT molecular complexity index is 580. The summed E-state index contributed by atoms with van der Waals surface area (Å²) in [5.74, 6) is 0.238. The summed E-state index contributed by atoms with van der Waals surface area (Å²) in [6, 6.07) is 5.46. The molecule has 0 amide bonds. The molecule has 2 rings (SSSR count). The predicted octanol–water partition coefficient (Wildman–Crippen LogP) is 2.81. The number of benzene rings is 1. The van der Waals surface area contributed by atoms with Crippen molar-refractivity contribution in [2.45, 2.75) is 20.4 Å². The third-order valence-electron chi connectivity index (χ3n) is 2.85. The van der Waals surface area contributed by atoms with Crippen molar-refractivity contribution in [2.75, 3.05) is 5.01 Å². The van der Waals surface area contributed by atoms with Gasteiger partial charge in [0.05, 0.1) is 11.0 Å². The maximum atomic E-state index is 9.52. The molecule has 0 radical (unpaired) electrons. The Labute approximate surface area is 120 Å². The molecule has 2 aromatic rings. The van der Waals surface area contributed by atoms with Gasteiger partial charge in [-0.2, -0.15) is 0 Å². The minimum absolute atomic E-state index is 0.238. The lowest BCUT2D eigenvalue weighted by Gasteiger charge is -2.25. The smallest absolute Gasteiger partial charge is 0.139 e. The van der Waals surface area contributed by atoms with Gasteiger partial charge in [0.2, 0.25) is 0 Å². The number of phenols is 1. The van der Waals surface area contributed by atoms with Gasteiger partial charge in [0.15, 0.2) is 0 Å². The molecule has 0 aliphatic rings. The van der Waals surface area contributed by atoms with Gasteiger partial charge in [0, 0.05) is 5.70 Å². The van der Waals surface area contributed by atoms with Gasteiger partial charge in [0.25, 0.3) is 0 Å². The second-order valence-corrected chi connectivity index (χ2v) is 4.97. The number of hydrogen-bond acceptors (Lipinski definition) is 4. The van der Waals surface area contributed by atoms with Crippen LogP contribution >= 0.6 is 15.9 Å². The standard InChI is InChI=1S/C13H15BrN4O/c1-3-10(2)18(17-8-15-16-9-17)7-11-4-5-13(19)12(14)6-11/h3-6,8-9,19H,7H2,1-2H3. The minimum atomic E-state index is 0.238. The number of halogens is 1. The Kier molecular flexibility index (Phi) is 4.21. The van der Waals surface area contributed by atoms with Crippen molar-refractivity contribution in [3.05, 3.63) is 52.7 Å². The van der Waals surface area contributed by atoms with Gasteiger partial charge in [-0.25, -0.2) is 4.68 Å². The quantitative estimate of drug-likeness (QED) is 0.940. The fourth-order valence-electron chi connectivity index (χ4n) is 1.68. The summed E-state index contributed by atoms with van der Waals surface area (Å²) < 4.78 is 2.52. The SMILES string of the molecule is CC=C(C)N(Cc1ccc(O)c(Br)c1)n1cnnc1. The van der Waals surface area contributed by atoms with Crippen LogP contribution in [-0.4, -0.2) is 20.0 Å². The first-order valence-electron chi connectivity index (χ1n) is 5.84. The second kappa shape index (κ2) is 5.88. The van der Waals surface area contributed by atoms with Crippen LogP contribution in [0.1, 0.15) is 19.4 Å². The van der Waals surface area contributed by atoms with Crippen LogP contribution < -0.4 is 5.01 Å². The van der Waals surface area contributed by atoms with Gasteiger partial charge in [-0.3, -0.25) is 5.01 Å². The molecule has 100 valence electrons. The molecule has 0 aliphatic heterocycles. The third-order valence-corrected chi connectivity index (χ3v) is 3.49. The van der Waals surface area contributed by atoms with Crippen LogP contribution in [0.15, 0.2) is 47.1 Å². The van der Waals surface area contributed by atoms with Gasteiger partial charge in [-0.05, 0) is 47.5 Å². The lowest BCUT2D eigenvalue weighted by Crippen LogP contribution is -2.31. The number of nitrogens with zero attached hydrogens (tertiary/aromatic N) is 4. The van der Waals surface area contributed by atoms with Gasteiger partial charge in [0.1, 0.15) is 18.4 Å². The van der Waals surface area contributed by atoms with Gasteiger partial charge in [-0.1, -0.05) is 12.1 Å². The molecule has 1 N–H and O–H groups in total. The van der Waals surface area contributed by atoms with E-state index in [0.717, 1.165) is 11.3 Å². The first kappa shape index (κ1) is 13.6. The fourth-order valence-corrected chi connectivity index (χ4v) is 2.11. The van der Waals surface area contributed by atoms with Crippen molar-refractivity contribution in [3.8, 4) is 5.75 Å².